The third-order valence-corrected chi connectivity index (χ3v) is 2.93. The SMILES string of the molecule is CCc1ccc(OCc2cccc(C#N)c2F)cc1. The minimum absolute atomic E-state index is 0.0439. The molecule has 2 rings (SSSR count). The van der Waals surface area contributed by atoms with Crippen LogP contribution in [-0.4, -0.2) is 0 Å². The van der Waals surface area contributed by atoms with Gasteiger partial charge in [-0.05, 0) is 30.2 Å². The van der Waals surface area contributed by atoms with Crippen LogP contribution in [0.1, 0.15) is 23.6 Å². The monoisotopic (exact) mass is 255 g/mol. The minimum atomic E-state index is -0.504. The van der Waals surface area contributed by atoms with Crippen molar-refractivity contribution in [2.45, 2.75) is 20.0 Å². The Balaban J connectivity index is 2.08. The number of benzene rings is 2. The summed E-state index contributed by atoms with van der Waals surface area (Å²) in [4.78, 5) is 0. The van der Waals surface area contributed by atoms with Crippen molar-refractivity contribution in [2.75, 3.05) is 0 Å². The fourth-order valence-electron chi connectivity index (χ4n) is 1.76. The molecule has 0 atom stereocenters. The third kappa shape index (κ3) is 3.11. The molecule has 0 aliphatic heterocycles. The molecule has 96 valence electrons. The normalized spacial score (nSPS) is 9.95. The highest BCUT2D eigenvalue weighted by Gasteiger charge is 2.07. The van der Waals surface area contributed by atoms with E-state index in [0.29, 0.717) is 11.3 Å². The van der Waals surface area contributed by atoms with Crippen LogP contribution in [0.3, 0.4) is 0 Å². The van der Waals surface area contributed by atoms with Crippen LogP contribution < -0.4 is 4.74 Å². The maximum Gasteiger partial charge on any atom is 0.147 e. The first-order chi connectivity index (χ1) is 9.24. The van der Waals surface area contributed by atoms with Crippen molar-refractivity contribution in [3.8, 4) is 11.8 Å². The Hall–Kier alpha value is -2.34. The fourth-order valence-corrected chi connectivity index (χ4v) is 1.76. The quantitative estimate of drug-likeness (QED) is 0.831. The van der Waals surface area contributed by atoms with Gasteiger partial charge in [0.1, 0.15) is 24.2 Å². The van der Waals surface area contributed by atoms with Gasteiger partial charge in [0.15, 0.2) is 0 Å². The summed E-state index contributed by atoms with van der Waals surface area (Å²) in [7, 11) is 0. The lowest BCUT2D eigenvalue weighted by atomic mass is 10.1. The van der Waals surface area contributed by atoms with Crippen LogP contribution in [0, 0.1) is 17.1 Å². The molecule has 0 N–H and O–H groups in total. The second-order valence-corrected chi connectivity index (χ2v) is 4.18. The molecule has 0 spiro atoms. The van der Waals surface area contributed by atoms with Crippen molar-refractivity contribution in [3.05, 3.63) is 65.0 Å². The standard InChI is InChI=1S/C16H14FNO/c1-2-12-6-8-15(9-7-12)19-11-14-5-3-4-13(10-18)16(14)17/h3-9H,2,11H2,1H3. The van der Waals surface area contributed by atoms with E-state index in [1.807, 2.05) is 30.3 Å². The smallest absolute Gasteiger partial charge is 0.147 e. The van der Waals surface area contributed by atoms with Crippen molar-refractivity contribution >= 4 is 0 Å². The molecule has 0 amide bonds. The molecule has 2 nitrogen and oxygen atoms in total. The number of hydrogen-bond donors (Lipinski definition) is 0. The molecular formula is C16H14FNO. The highest BCUT2D eigenvalue weighted by atomic mass is 19.1. The lowest BCUT2D eigenvalue weighted by Gasteiger charge is -2.08. The average Bonchev–Trinajstić information content (AvgIpc) is 2.47. The van der Waals surface area contributed by atoms with Crippen LogP contribution in [0.25, 0.3) is 0 Å². The van der Waals surface area contributed by atoms with E-state index in [9.17, 15) is 4.39 Å². The molecule has 19 heavy (non-hydrogen) atoms. The van der Waals surface area contributed by atoms with Crippen LogP contribution in [-0.2, 0) is 13.0 Å². The van der Waals surface area contributed by atoms with Crippen LogP contribution in [0.4, 0.5) is 4.39 Å². The molecular weight excluding hydrogens is 241 g/mol. The molecule has 0 bridgehead atoms. The number of halogens is 1. The Kier molecular flexibility index (Phi) is 4.15. The average molecular weight is 255 g/mol. The molecule has 0 aromatic heterocycles. The second-order valence-electron chi connectivity index (χ2n) is 4.18. The van der Waals surface area contributed by atoms with Gasteiger partial charge in [-0.15, -0.1) is 0 Å². The Morgan fingerprint density at radius 3 is 2.53 bits per heavy atom. The van der Waals surface area contributed by atoms with Gasteiger partial charge < -0.3 is 4.74 Å². The Labute approximate surface area is 112 Å². The zero-order valence-electron chi connectivity index (χ0n) is 10.7. The molecule has 0 aliphatic carbocycles. The number of ether oxygens (including phenoxy) is 1. The topological polar surface area (TPSA) is 33.0 Å². The van der Waals surface area contributed by atoms with E-state index in [-0.39, 0.29) is 12.2 Å². The van der Waals surface area contributed by atoms with Gasteiger partial charge in [-0.3, -0.25) is 0 Å². The van der Waals surface area contributed by atoms with Crippen LogP contribution in [0.5, 0.6) is 5.75 Å². The van der Waals surface area contributed by atoms with Crippen molar-refractivity contribution in [3.63, 3.8) is 0 Å². The summed E-state index contributed by atoms with van der Waals surface area (Å²) in [6.07, 6.45) is 0.971. The van der Waals surface area contributed by atoms with E-state index in [1.54, 1.807) is 12.1 Å². The van der Waals surface area contributed by atoms with Crippen molar-refractivity contribution in [2.24, 2.45) is 0 Å². The number of rotatable bonds is 4. The molecule has 0 unspecified atom stereocenters. The van der Waals surface area contributed by atoms with Crippen LogP contribution in [0.15, 0.2) is 42.5 Å². The molecule has 0 aliphatic rings. The zero-order valence-corrected chi connectivity index (χ0v) is 10.7. The van der Waals surface area contributed by atoms with Gasteiger partial charge in [-0.25, -0.2) is 4.39 Å². The number of nitrogens with zero attached hydrogens (tertiary/aromatic N) is 1. The summed E-state index contributed by atoms with van der Waals surface area (Å²) >= 11 is 0. The summed E-state index contributed by atoms with van der Waals surface area (Å²) in [6.45, 7) is 2.20. The lowest BCUT2D eigenvalue weighted by Crippen LogP contribution is -2.00. The maximum absolute atomic E-state index is 13.8. The second kappa shape index (κ2) is 6.01. The summed E-state index contributed by atoms with van der Waals surface area (Å²) in [6, 6.07) is 14.2. The Bertz CT molecular complexity index is 599. The van der Waals surface area contributed by atoms with Gasteiger partial charge in [0.25, 0.3) is 0 Å². The first-order valence-electron chi connectivity index (χ1n) is 6.13. The summed E-state index contributed by atoms with van der Waals surface area (Å²) in [5.74, 6) is 0.189. The molecule has 2 aromatic rings. The summed E-state index contributed by atoms with van der Waals surface area (Å²) in [5, 5.41) is 8.75. The number of hydrogen-bond acceptors (Lipinski definition) is 2. The van der Waals surface area contributed by atoms with E-state index in [2.05, 4.69) is 6.92 Å². The fraction of sp³-hybridized carbons (Fsp3) is 0.188. The molecule has 0 radical (unpaired) electrons. The molecule has 0 saturated carbocycles. The lowest BCUT2D eigenvalue weighted by molar-refractivity contribution is 0.299. The predicted molar refractivity (Wildman–Crippen MR) is 71.3 cm³/mol. The molecule has 0 heterocycles. The third-order valence-electron chi connectivity index (χ3n) is 2.93. The minimum Gasteiger partial charge on any atom is -0.489 e. The van der Waals surface area contributed by atoms with Crippen LogP contribution >= 0.6 is 0 Å². The highest BCUT2D eigenvalue weighted by molar-refractivity contribution is 5.35. The molecule has 0 saturated heterocycles. The van der Waals surface area contributed by atoms with E-state index >= 15 is 0 Å². The molecule has 2 aromatic carbocycles. The van der Waals surface area contributed by atoms with Gasteiger partial charge in [0.05, 0.1) is 5.56 Å². The first kappa shape index (κ1) is 13.1. The molecule has 0 fully saturated rings. The van der Waals surface area contributed by atoms with E-state index in [0.717, 1.165) is 6.42 Å². The van der Waals surface area contributed by atoms with Crippen molar-refractivity contribution in [1.82, 2.24) is 0 Å². The Morgan fingerprint density at radius 2 is 1.89 bits per heavy atom. The largest absolute Gasteiger partial charge is 0.489 e. The van der Waals surface area contributed by atoms with E-state index < -0.39 is 5.82 Å². The van der Waals surface area contributed by atoms with Gasteiger partial charge >= 0.3 is 0 Å². The summed E-state index contributed by atoms with van der Waals surface area (Å²) < 4.78 is 19.3. The molecule has 3 heteroatoms. The number of aryl methyl sites for hydroxylation is 1. The number of nitriles is 1. The highest BCUT2D eigenvalue weighted by Crippen LogP contribution is 2.17. The Morgan fingerprint density at radius 1 is 1.16 bits per heavy atom. The van der Waals surface area contributed by atoms with E-state index in [4.69, 9.17) is 10.00 Å². The zero-order chi connectivity index (χ0) is 13.7. The van der Waals surface area contributed by atoms with E-state index in [1.165, 1.54) is 11.6 Å². The van der Waals surface area contributed by atoms with Gasteiger partial charge in [-0.2, -0.15) is 5.26 Å². The van der Waals surface area contributed by atoms with Gasteiger partial charge in [0.2, 0.25) is 0 Å². The predicted octanol–water partition coefficient (Wildman–Crippen LogP) is 3.84. The van der Waals surface area contributed by atoms with Crippen LogP contribution in [0.2, 0.25) is 0 Å². The summed E-state index contributed by atoms with van der Waals surface area (Å²) in [5.41, 5.74) is 1.66. The van der Waals surface area contributed by atoms with Gasteiger partial charge in [-0.1, -0.05) is 31.2 Å². The maximum atomic E-state index is 13.8. The van der Waals surface area contributed by atoms with Gasteiger partial charge in [0, 0.05) is 5.56 Å². The van der Waals surface area contributed by atoms with Crippen molar-refractivity contribution < 1.29 is 9.13 Å². The van der Waals surface area contributed by atoms with Crippen molar-refractivity contribution in [1.29, 1.82) is 5.26 Å². The first-order valence-corrected chi connectivity index (χ1v) is 6.13.